The van der Waals surface area contributed by atoms with Crippen LogP contribution in [0.15, 0.2) is 22.7 Å². The molecule has 1 amide bonds. The summed E-state index contributed by atoms with van der Waals surface area (Å²) in [6.07, 6.45) is 5.39. The fraction of sp³-hybridized carbons (Fsp3) is 0.588. The summed E-state index contributed by atoms with van der Waals surface area (Å²) in [7, 11) is 0. The lowest BCUT2D eigenvalue weighted by atomic mass is 9.89. The van der Waals surface area contributed by atoms with Crippen LogP contribution >= 0.6 is 15.9 Å². The summed E-state index contributed by atoms with van der Waals surface area (Å²) in [5.74, 6) is 1.32. The van der Waals surface area contributed by atoms with Gasteiger partial charge in [0.2, 0.25) is 5.91 Å². The van der Waals surface area contributed by atoms with Gasteiger partial charge >= 0.3 is 0 Å². The summed E-state index contributed by atoms with van der Waals surface area (Å²) in [5, 5.41) is 6.64. The Kier molecular flexibility index (Phi) is 5.03. The van der Waals surface area contributed by atoms with Crippen molar-refractivity contribution in [3.8, 4) is 5.75 Å². The van der Waals surface area contributed by atoms with E-state index in [1.54, 1.807) is 0 Å². The van der Waals surface area contributed by atoms with Crippen LogP contribution in [0.2, 0.25) is 0 Å². The van der Waals surface area contributed by atoms with Crippen LogP contribution in [0.4, 0.5) is 5.69 Å². The van der Waals surface area contributed by atoms with Gasteiger partial charge in [-0.3, -0.25) is 4.79 Å². The molecule has 22 heavy (non-hydrogen) atoms. The number of hydrogen-bond donors (Lipinski definition) is 2. The lowest BCUT2D eigenvalue weighted by Crippen LogP contribution is -2.39. The van der Waals surface area contributed by atoms with E-state index in [1.165, 1.54) is 12.8 Å². The third-order valence-electron chi connectivity index (χ3n) is 4.56. The quantitative estimate of drug-likeness (QED) is 0.834. The Hall–Kier alpha value is -1.07. The zero-order valence-electron chi connectivity index (χ0n) is 12.9. The molecule has 4 nitrogen and oxygen atoms in total. The summed E-state index contributed by atoms with van der Waals surface area (Å²) in [6, 6.07) is 6.96. The number of carbonyl (C=O) groups excluding carboxylic acids is 1. The van der Waals surface area contributed by atoms with E-state index in [0.717, 1.165) is 28.8 Å². The molecule has 2 fully saturated rings. The van der Waals surface area contributed by atoms with Gasteiger partial charge < -0.3 is 15.4 Å². The minimum atomic E-state index is 0.0883. The second-order valence-electron chi connectivity index (χ2n) is 6.30. The van der Waals surface area contributed by atoms with Crippen LogP contribution in [0, 0.1) is 5.92 Å². The molecule has 2 N–H and O–H groups in total. The number of fused-ring (bicyclic) bond motifs is 2. The normalized spacial score (nSPS) is 26.7. The van der Waals surface area contributed by atoms with E-state index in [9.17, 15) is 4.79 Å². The second-order valence-corrected chi connectivity index (χ2v) is 7.22. The molecule has 2 aliphatic heterocycles. The van der Waals surface area contributed by atoms with E-state index in [0.29, 0.717) is 31.0 Å². The lowest BCUT2D eigenvalue weighted by Gasteiger charge is -2.28. The van der Waals surface area contributed by atoms with Crippen LogP contribution in [0.3, 0.4) is 0 Å². The number of anilines is 1. The van der Waals surface area contributed by atoms with Crippen LogP contribution < -0.4 is 15.4 Å². The standard InChI is InChI=1S/C17H23BrN2O2/c1-2-22-16-6-3-12(18)10-15(16)20-17(21)9-11-7-13-4-5-14(8-11)19-13/h3,6,10-11,13-14,19H,2,4-5,7-9H2,1H3,(H,20,21). The van der Waals surface area contributed by atoms with Gasteiger partial charge in [-0.2, -0.15) is 0 Å². The summed E-state index contributed by atoms with van der Waals surface area (Å²) >= 11 is 3.44. The molecule has 1 aromatic rings. The maximum atomic E-state index is 12.4. The minimum absolute atomic E-state index is 0.0883. The Balaban J connectivity index is 1.60. The Morgan fingerprint density at radius 2 is 2.09 bits per heavy atom. The minimum Gasteiger partial charge on any atom is -0.492 e. The zero-order valence-corrected chi connectivity index (χ0v) is 14.5. The van der Waals surface area contributed by atoms with Crippen molar-refractivity contribution < 1.29 is 9.53 Å². The number of ether oxygens (including phenoxy) is 1. The Bertz CT molecular complexity index is 537. The van der Waals surface area contributed by atoms with E-state index in [2.05, 4.69) is 26.6 Å². The number of hydrogen-bond acceptors (Lipinski definition) is 3. The fourth-order valence-corrected chi connectivity index (χ4v) is 4.05. The molecular formula is C17H23BrN2O2. The highest BCUT2D eigenvalue weighted by atomic mass is 79.9. The second kappa shape index (κ2) is 7.01. The predicted octanol–water partition coefficient (Wildman–Crippen LogP) is 3.71. The molecule has 5 heteroatoms. The largest absolute Gasteiger partial charge is 0.492 e. The molecular weight excluding hydrogens is 344 g/mol. The summed E-state index contributed by atoms with van der Waals surface area (Å²) in [5.41, 5.74) is 0.748. The highest BCUT2D eigenvalue weighted by Crippen LogP contribution is 2.33. The van der Waals surface area contributed by atoms with Gasteiger partial charge in [-0.25, -0.2) is 0 Å². The monoisotopic (exact) mass is 366 g/mol. The zero-order chi connectivity index (χ0) is 15.5. The van der Waals surface area contributed by atoms with Crippen molar-refractivity contribution in [3.05, 3.63) is 22.7 Å². The summed E-state index contributed by atoms with van der Waals surface area (Å²) in [4.78, 5) is 12.4. The summed E-state index contributed by atoms with van der Waals surface area (Å²) in [6.45, 7) is 2.53. The maximum absolute atomic E-state index is 12.4. The maximum Gasteiger partial charge on any atom is 0.224 e. The SMILES string of the molecule is CCOc1ccc(Br)cc1NC(=O)CC1CC2CCC(C1)N2. The van der Waals surface area contributed by atoms with Gasteiger partial charge in [0, 0.05) is 23.0 Å². The molecule has 0 radical (unpaired) electrons. The first-order valence-corrected chi connectivity index (χ1v) is 8.91. The molecule has 0 aliphatic carbocycles. The molecule has 120 valence electrons. The highest BCUT2D eigenvalue weighted by molar-refractivity contribution is 9.10. The Labute approximate surface area is 140 Å². The number of nitrogens with one attached hydrogen (secondary N) is 2. The van der Waals surface area contributed by atoms with Crippen LogP contribution in [-0.2, 0) is 4.79 Å². The molecule has 1 aromatic carbocycles. The molecule has 2 aliphatic rings. The summed E-state index contributed by atoms with van der Waals surface area (Å²) < 4.78 is 6.52. The van der Waals surface area contributed by atoms with Crippen molar-refractivity contribution in [3.63, 3.8) is 0 Å². The van der Waals surface area contributed by atoms with Gasteiger partial charge in [0.1, 0.15) is 5.75 Å². The van der Waals surface area contributed by atoms with Crippen molar-refractivity contribution in [2.45, 2.75) is 51.1 Å². The topological polar surface area (TPSA) is 50.4 Å². The molecule has 0 spiro atoms. The van der Waals surface area contributed by atoms with Crippen LogP contribution in [-0.4, -0.2) is 24.6 Å². The number of amides is 1. The van der Waals surface area contributed by atoms with Gasteiger partial charge in [-0.05, 0) is 56.7 Å². The van der Waals surface area contributed by atoms with E-state index in [4.69, 9.17) is 4.74 Å². The Morgan fingerprint density at radius 3 is 2.77 bits per heavy atom. The predicted molar refractivity (Wildman–Crippen MR) is 91.2 cm³/mol. The van der Waals surface area contributed by atoms with Gasteiger partial charge in [0.05, 0.1) is 12.3 Å². The van der Waals surface area contributed by atoms with E-state index in [-0.39, 0.29) is 5.91 Å². The molecule has 2 unspecified atom stereocenters. The van der Waals surface area contributed by atoms with Crippen molar-refractivity contribution >= 4 is 27.5 Å². The highest BCUT2D eigenvalue weighted by Gasteiger charge is 2.34. The molecule has 0 saturated carbocycles. The van der Waals surface area contributed by atoms with Gasteiger partial charge in [0.25, 0.3) is 0 Å². The number of benzene rings is 1. The molecule has 2 bridgehead atoms. The first kappa shape index (κ1) is 15.8. The van der Waals surface area contributed by atoms with E-state index in [1.807, 2.05) is 25.1 Å². The van der Waals surface area contributed by atoms with Gasteiger partial charge in [-0.1, -0.05) is 15.9 Å². The number of halogens is 1. The van der Waals surface area contributed by atoms with E-state index >= 15 is 0 Å². The third-order valence-corrected chi connectivity index (χ3v) is 5.05. The van der Waals surface area contributed by atoms with E-state index < -0.39 is 0 Å². The fourth-order valence-electron chi connectivity index (χ4n) is 3.69. The molecule has 2 atom stereocenters. The lowest BCUT2D eigenvalue weighted by molar-refractivity contribution is -0.117. The molecule has 2 heterocycles. The number of carbonyl (C=O) groups is 1. The molecule has 0 aromatic heterocycles. The number of rotatable bonds is 5. The van der Waals surface area contributed by atoms with Gasteiger partial charge in [0.15, 0.2) is 0 Å². The average Bonchev–Trinajstić information content (AvgIpc) is 2.81. The molecule has 2 saturated heterocycles. The van der Waals surface area contributed by atoms with Crippen LogP contribution in [0.5, 0.6) is 5.75 Å². The smallest absolute Gasteiger partial charge is 0.224 e. The van der Waals surface area contributed by atoms with Gasteiger partial charge in [-0.15, -0.1) is 0 Å². The van der Waals surface area contributed by atoms with Crippen molar-refractivity contribution in [2.24, 2.45) is 5.92 Å². The average molecular weight is 367 g/mol. The van der Waals surface area contributed by atoms with Crippen molar-refractivity contribution in [1.29, 1.82) is 0 Å². The van der Waals surface area contributed by atoms with Crippen molar-refractivity contribution in [1.82, 2.24) is 5.32 Å². The first-order chi connectivity index (χ1) is 10.6. The first-order valence-electron chi connectivity index (χ1n) is 8.12. The van der Waals surface area contributed by atoms with Crippen LogP contribution in [0.25, 0.3) is 0 Å². The molecule has 3 rings (SSSR count). The Morgan fingerprint density at radius 1 is 1.36 bits per heavy atom. The third kappa shape index (κ3) is 3.82. The van der Waals surface area contributed by atoms with Crippen molar-refractivity contribution in [2.75, 3.05) is 11.9 Å². The number of piperidine rings is 1. The van der Waals surface area contributed by atoms with Crippen LogP contribution in [0.1, 0.15) is 39.0 Å².